The van der Waals surface area contributed by atoms with Crippen LogP contribution < -0.4 is 10.1 Å². The molecule has 7 nitrogen and oxygen atoms in total. The highest BCUT2D eigenvalue weighted by atomic mass is 16.5. The lowest BCUT2D eigenvalue weighted by atomic mass is 10.1. The normalized spacial score (nSPS) is 30.8. The lowest BCUT2D eigenvalue weighted by Crippen LogP contribution is -2.25. The maximum absolute atomic E-state index is 8.69. The fourth-order valence-electron chi connectivity index (χ4n) is 3.27. The van der Waals surface area contributed by atoms with Crippen molar-refractivity contribution in [1.29, 1.82) is 0 Å². The van der Waals surface area contributed by atoms with Gasteiger partial charge < -0.3 is 19.5 Å². The number of ether oxygens (including phenoxy) is 3. The van der Waals surface area contributed by atoms with Crippen LogP contribution in [0.1, 0.15) is 41.7 Å². The summed E-state index contributed by atoms with van der Waals surface area (Å²) in [4.78, 5) is 9.75. The molecule has 0 spiro atoms. The summed E-state index contributed by atoms with van der Waals surface area (Å²) in [6, 6.07) is 11.3. The van der Waals surface area contributed by atoms with Gasteiger partial charge in [0.1, 0.15) is 12.3 Å². The maximum atomic E-state index is 8.69. The predicted octanol–water partition coefficient (Wildman–Crippen LogP) is 4.96. The van der Waals surface area contributed by atoms with Crippen molar-refractivity contribution in [1.82, 2.24) is 14.9 Å². The van der Waals surface area contributed by atoms with E-state index >= 15 is 0 Å². The zero-order valence-corrected chi connectivity index (χ0v) is 18.7. The van der Waals surface area contributed by atoms with E-state index in [2.05, 4.69) is 15.3 Å². The number of anilines is 2. The fourth-order valence-corrected chi connectivity index (χ4v) is 3.27. The lowest BCUT2D eigenvalue weighted by Gasteiger charge is -2.17. The Kier molecular flexibility index (Phi) is 4.30. The van der Waals surface area contributed by atoms with Crippen LogP contribution in [-0.4, -0.2) is 54.2 Å². The molecule has 2 aliphatic heterocycles. The Hall–Kier alpha value is -3.26. The molecule has 0 amide bonds. The number of nitrogens with one attached hydrogen (secondary N) is 1. The smallest absolute Gasteiger partial charge is 0.227 e. The van der Waals surface area contributed by atoms with E-state index in [1.807, 2.05) is 0 Å². The van der Waals surface area contributed by atoms with Gasteiger partial charge in [0.05, 0.1) is 44.3 Å². The van der Waals surface area contributed by atoms with Crippen LogP contribution in [-0.2, 0) is 22.6 Å². The average molecular weight is 486 g/mol. The van der Waals surface area contributed by atoms with Gasteiger partial charge in [-0.05, 0) is 61.7 Å². The van der Waals surface area contributed by atoms with Crippen LogP contribution in [0.2, 0.25) is 0 Å². The van der Waals surface area contributed by atoms with Gasteiger partial charge in [0, 0.05) is 35.0 Å². The third-order valence-corrected chi connectivity index (χ3v) is 4.97. The van der Waals surface area contributed by atoms with E-state index < -0.39 is 52.1 Å². The van der Waals surface area contributed by atoms with Gasteiger partial charge in [-0.1, -0.05) is 30.4 Å². The Labute approximate surface area is 225 Å². The number of hydrogen-bond donors (Lipinski definition) is 1. The fraction of sp³-hybridized carbons (Fsp3) is 0.357. The third kappa shape index (κ3) is 6.66. The molecule has 1 saturated heterocycles. The molecular weight excluding hydrogens is 440 g/mol. The van der Waals surface area contributed by atoms with Gasteiger partial charge in [0.2, 0.25) is 5.95 Å². The second-order valence-electron chi connectivity index (χ2n) is 7.51. The van der Waals surface area contributed by atoms with Crippen LogP contribution in [0.15, 0.2) is 66.9 Å². The number of likely N-dealkylation sites (tertiary alicyclic amines) is 1. The molecule has 0 radical (unpaired) electrons. The molecule has 35 heavy (non-hydrogen) atoms. The van der Waals surface area contributed by atoms with Crippen molar-refractivity contribution in [2.75, 3.05) is 44.7 Å². The molecule has 5 rings (SSSR count). The monoisotopic (exact) mass is 485 g/mol. The van der Waals surface area contributed by atoms with E-state index in [0.717, 1.165) is 12.2 Å². The second-order valence-corrected chi connectivity index (χ2v) is 7.51. The summed E-state index contributed by atoms with van der Waals surface area (Å²) in [5.41, 5.74) is 0.485. The van der Waals surface area contributed by atoms with Crippen LogP contribution >= 0.6 is 0 Å². The van der Waals surface area contributed by atoms with Crippen molar-refractivity contribution in [2.45, 2.75) is 25.9 Å². The highest BCUT2D eigenvalue weighted by Gasteiger charge is 2.13. The summed E-state index contributed by atoms with van der Waals surface area (Å²) in [6.45, 7) is -12.3. The first-order valence-corrected chi connectivity index (χ1v) is 10.9. The van der Waals surface area contributed by atoms with E-state index in [1.54, 1.807) is 6.07 Å². The number of hydrogen-bond acceptors (Lipinski definition) is 7. The highest BCUT2D eigenvalue weighted by Crippen LogP contribution is 2.26. The average Bonchev–Trinajstić information content (AvgIpc) is 3.14. The highest BCUT2D eigenvalue weighted by molar-refractivity contribution is 5.63. The molecule has 3 aromatic rings. The van der Waals surface area contributed by atoms with Gasteiger partial charge in [0.15, 0.2) is 0 Å². The van der Waals surface area contributed by atoms with Crippen molar-refractivity contribution in [2.24, 2.45) is 0 Å². The number of benzene rings is 2. The van der Waals surface area contributed by atoms with Crippen molar-refractivity contribution in [3.8, 4) is 17.0 Å². The van der Waals surface area contributed by atoms with Crippen molar-refractivity contribution in [3.05, 3.63) is 78.0 Å². The van der Waals surface area contributed by atoms with Gasteiger partial charge >= 0.3 is 0 Å². The lowest BCUT2D eigenvalue weighted by molar-refractivity contribution is 0.138. The molecular formula is C28H32N4O3. The Morgan fingerprint density at radius 2 is 2.03 bits per heavy atom. The quantitative estimate of drug-likeness (QED) is 0.524. The van der Waals surface area contributed by atoms with Gasteiger partial charge in [-0.2, -0.15) is 0 Å². The van der Waals surface area contributed by atoms with Gasteiger partial charge in [-0.15, -0.1) is 0 Å². The SMILES string of the molecule is [2H]c1cc2nc(n1)Nc1ccc(OC([2H])([2H])CN3CC([2H])([2H])C([2H])([2H])C3)c(c1)C([2H])([2H])OC/C=C/C([2H])([2H])OC([2H])([2H])c1cccc-2c1. The minimum absolute atomic E-state index is 0.0205. The van der Waals surface area contributed by atoms with E-state index in [9.17, 15) is 0 Å². The summed E-state index contributed by atoms with van der Waals surface area (Å²) in [7, 11) is 0. The molecule has 0 saturated carbocycles. The molecule has 2 aromatic carbocycles. The topological polar surface area (TPSA) is 68.7 Å². The molecule has 1 aromatic heterocycles. The predicted molar refractivity (Wildman–Crippen MR) is 137 cm³/mol. The first kappa shape index (κ1) is 12.6. The minimum atomic E-state index is -2.69. The summed E-state index contributed by atoms with van der Waals surface area (Å²) >= 11 is 0. The molecule has 0 aliphatic carbocycles. The first-order chi connectivity index (χ1) is 22.1. The Morgan fingerprint density at radius 3 is 2.97 bits per heavy atom. The number of fused-ring (bicyclic) bond motifs is 7. The Morgan fingerprint density at radius 1 is 1.09 bits per heavy atom. The van der Waals surface area contributed by atoms with Crippen LogP contribution in [0.3, 0.4) is 0 Å². The molecule has 0 atom stereocenters. The largest absolute Gasteiger partial charge is 0.492 e. The summed E-state index contributed by atoms with van der Waals surface area (Å²) < 4.78 is 124. The summed E-state index contributed by atoms with van der Waals surface area (Å²) in [5, 5.41) is 2.90. The number of rotatable bonds is 4. The van der Waals surface area contributed by atoms with Crippen LogP contribution in [0, 0.1) is 0 Å². The van der Waals surface area contributed by atoms with Gasteiger partial charge in [0.25, 0.3) is 0 Å². The van der Waals surface area contributed by atoms with Crippen molar-refractivity contribution in [3.63, 3.8) is 0 Å². The van der Waals surface area contributed by atoms with Crippen LogP contribution in [0.4, 0.5) is 11.6 Å². The Balaban J connectivity index is 1.53. The van der Waals surface area contributed by atoms with E-state index in [0.29, 0.717) is 5.56 Å². The van der Waals surface area contributed by atoms with Crippen LogP contribution in [0.5, 0.6) is 5.75 Å². The van der Waals surface area contributed by atoms with E-state index in [1.165, 1.54) is 47.4 Å². The molecule has 182 valence electrons. The third-order valence-electron chi connectivity index (χ3n) is 4.97. The standard InChI is InChI=1S/C28H32N4O3/c1-2-13-32(12-1)14-17-35-27-9-8-25-19-24(27)21-34-16-4-3-15-33-20-22-6-5-7-23(18-22)26-10-11-29-28(30-25)31-26/h3-11,18-19H,1-2,12-17,20-21H2,(H,29,30,31)/b4-3+/i1D2,2D2,11D,15D2,17D2,20D2,21D2. The zero-order chi connectivity index (χ0) is 35.3. The maximum Gasteiger partial charge on any atom is 0.227 e. The number of aromatic nitrogens is 2. The molecule has 0 unspecified atom stereocenters. The summed E-state index contributed by atoms with van der Waals surface area (Å²) in [5.74, 6) is -0.366. The molecule has 3 heterocycles. The molecule has 2 aliphatic rings. The van der Waals surface area contributed by atoms with E-state index in [4.69, 9.17) is 32.0 Å². The minimum Gasteiger partial charge on any atom is -0.492 e. The molecule has 1 fully saturated rings. The Bertz CT molecular complexity index is 1690. The summed E-state index contributed by atoms with van der Waals surface area (Å²) in [6.07, 6.45) is -2.66. The van der Waals surface area contributed by atoms with Crippen molar-refractivity contribution >= 4 is 11.6 Å². The molecule has 7 heteroatoms. The number of nitrogens with zero attached hydrogens (tertiary/aromatic N) is 3. The van der Waals surface area contributed by atoms with Crippen LogP contribution in [0.25, 0.3) is 11.3 Å². The van der Waals surface area contributed by atoms with Crippen molar-refractivity contribution < 1.29 is 32.0 Å². The zero-order valence-electron chi connectivity index (χ0n) is 31.7. The second kappa shape index (κ2) is 11.9. The molecule has 1 N–H and O–H groups in total. The molecule has 6 bridgehead atoms. The van der Waals surface area contributed by atoms with Gasteiger partial charge in [-0.3, -0.25) is 4.90 Å². The first-order valence-electron chi connectivity index (χ1n) is 17.4. The van der Waals surface area contributed by atoms with E-state index in [-0.39, 0.29) is 53.5 Å². The van der Waals surface area contributed by atoms with Gasteiger partial charge in [-0.25, -0.2) is 9.97 Å².